The number of hydrogen-bond donors (Lipinski definition) is 4. The maximum absolute atomic E-state index is 5.27. The summed E-state index contributed by atoms with van der Waals surface area (Å²) in [7, 11) is 4.96. The summed E-state index contributed by atoms with van der Waals surface area (Å²) in [5.41, 5.74) is 6.65. The highest BCUT2D eigenvalue weighted by atomic mass is 32.1. The lowest BCUT2D eigenvalue weighted by Crippen LogP contribution is -2.49. The van der Waals surface area contributed by atoms with Crippen molar-refractivity contribution in [2.24, 2.45) is 0 Å². The van der Waals surface area contributed by atoms with Gasteiger partial charge in [0.15, 0.2) is 21.7 Å². The minimum absolute atomic E-state index is 0.471. The molecule has 0 unspecified atom stereocenters. The van der Waals surface area contributed by atoms with Gasteiger partial charge in [-0.2, -0.15) is 0 Å². The Hall–Kier alpha value is -1.80. The molecule has 0 aliphatic rings. The third-order valence-electron chi connectivity index (χ3n) is 2.66. The summed E-state index contributed by atoms with van der Waals surface area (Å²) in [5.74, 6) is 1.44. The predicted molar refractivity (Wildman–Crippen MR) is 91.8 cm³/mol. The van der Waals surface area contributed by atoms with E-state index >= 15 is 0 Å². The van der Waals surface area contributed by atoms with Gasteiger partial charge < -0.3 is 20.1 Å². The zero-order chi connectivity index (χ0) is 15.7. The summed E-state index contributed by atoms with van der Waals surface area (Å²) in [5, 5.41) is 6.80. The molecule has 0 spiro atoms. The molecule has 0 fully saturated rings. The van der Waals surface area contributed by atoms with Gasteiger partial charge in [0.2, 0.25) is 0 Å². The molecule has 4 N–H and O–H groups in total. The Kier molecular flexibility index (Phi) is 7.55. The van der Waals surface area contributed by atoms with E-state index in [1.807, 2.05) is 18.2 Å². The quantitative estimate of drug-likeness (QED) is 0.466. The van der Waals surface area contributed by atoms with Crippen LogP contribution in [0.3, 0.4) is 0 Å². The van der Waals surface area contributed by atoms with Crippen LogP contribution in [0.15, 0.2) is 18.2 Å². The molecule has 0 aliphatic carbocycles. The van der Waals surface area contributed by atoms with Crippen molar-refractivity contribution in [2.75, 3.05) is 27.8 Å². The van der Waals surface area contributed by atoms with Crippen molar-refractivity contribution in [1.29, 1.82) is 0 Å². The van der Waals surface area contributed by atoms with Crippen LogP contribution in [0.5, 0.6) is 11.5 Å². The lowest BCUT2D eigenvalue weighted by atomic mass is 10.1. The Labute approximate surface area is 135 Å². The minimum Gasteiger partial charge on any atom is -0.493 e. The highest BCUT2D eigenvalue weighted by Gasteiger charge is 2.04. The molecule has 1 aromatic rings. The smallest absolute Gasteiger partial charge is 0.185 e. The number of nitrogens with one attached hydrogen (secondary N) is 4. The van der Waals surface area contributed by atoms with Crippen molar-refractivity contribution in [2.45, 2.75) is 6.42 Å². The SMILES string of the molecule is CNC(=S)NNC(=S)NCCc1ccc(OC)c(OC)c1. The molecular formula is C13H20N4O2S2. The van der Waals surface area contributed by atoms with E-state index in [9.17, 15) is 0 Å². The number of hydrazine groups is 1. The van der Waals surface area contributed by atoms with E-state index in [1.165, 1.54) is 0 Å². The first-order valence-electron chi connectivity index (χ1n) is 6.33. The molecule has 116 valence electrons. The Balaban J connectivity index is 2.38. The average Bonchev–Trinajstić information content (AvgIpc) is 2.52. The molecule has 0 amide bonds. The lowest BCUT2D eigenvalue weighted by Gasteiger charge is -2.13. The predicted octanol–water partition coefficient (Wildman–Crippen LogP) is 0.719. The summed E-state index contributed by atoms with van der Waals surface area (Å²) < 4.78 is 10.5. The molecule has 0 saturated heterocycles. The number of benzene rings is 1. The molecule has 1 aromatic carbocycles. The van der Waals surface area contributed by atoms with Gasteiger partial charge >= 0.3 is 0 Å². The van der Waals surface area contributed by atoms with Crippen LogP contribution >= 0.6 is 24.4 Å². The second-order valence-electron chi connectivity index (χ2n) is 4.02. The number of ether oxygens (including phenoxy) is 2. The van der Waals surface area contributed by atoms with Crippen LogP contribution < -0.4 is 31.0 Å². The van der Waals surface area contributed by atoms with Crippen molar-refractivity contribution in [3.63, 3.8) is 0 Å². The van der Waals surface area contributed by atoms with Crippen LogP contribution in [0.2, 0.25) is 0 Å². The Morgan fingerprint density at radius 2 is 1.71 bits per heavy atom. The second kappa shape index (κ2) is 9.19. The lowest BCUT2D eigenvalue weighted by molar-refractivity contribution is 0.354. The van der Waals surface area contributed by atoms with E-state index in [-0.39, 0.29) is 0 Å². The molecule has 0 heterocycles. The highest BCUT2D eigenvalue weighted by molar-refractivity contribution is 7.80. The highest BCUT2D eigenvalue weighted by Crippen LogP contribution is 2.27. The molecule has 0 saturated carbocycles. The van der Waals surface area contributed by atoms with E-state index < -0.39 is 0 Å². The van der Waals surface area contributed by atoms with Gasteiger partial charge in [-0.05, 0) is 48.6 Å². The topological polar surface area (TPSA) is 66.6 Å². The molecule has 0 atom stereocenters. The summed E-state index contributed by atoms with van der Waals surface area (Å²) in [4.78, 5) is 0. The summed E-state index contributed by atoms with van der Waals surface area (Å²) in [6.07, 6.45) is 0.804. The van der Waals surface area contributed by atoms with Crippen molar-refractivity contribution in [3.05, 3.63) is 23.8 Å². The number of hydrogen-bond acceptors (Lipinski definition) is 4. The fourth-order valence-corrected chi connectivity index (χ4v) is 1.78. The average molecular weight is 328 g/mol. The zero-order valence-corrected chi connectivity index (χ0v) is 13.9. The first kappa shape index (κ1) is 17.3. The van der Waals surface area contributed by atoms with Crippen molar-refractivity contribution in [3.8, 4) is 11.5 Å². The molecule has 0 radical (unpaired) electrons. The molecular weight excluding hydrogens is 308 g/mol. The zero-order valence-electron chi connectivity index (χ0n) is 12.3. The Morgan fingerprint density at radius 3 is 2.33 bits per heavy atom. The molecule has 0 aliphatic heterocycles. The van der Waals surface area contributed by atoms with E-state index in [0.717, 1.165) is 23.5 Å². The van der Waals surface area contributed by atoms with Crippen molar-refractivity contribution in [1.82, 2.24) is 21.5 Å². The first-order chi connectivity index (χ1) is 10.1. The number of rotatable bonds is 5. The molecule has 21 heavy (non-hydrogen) atoms. The van der Waals surface area contributed by atoms with E-state index in [0.29, 0.717) is 16.8 Å². The van der Waals surface area contributed by atoms with Crippen LogP contribution in [0.4, 0.5) is 0 Å². The van der Waals surface area contributed by atoms with Gasteiger partial charge in [0.25, 0.3) is 0 Å². The van der Waals surface area contributed by atoms with Gasteiger partial charge in [0.05, 0.1) is 14.2 Å². The Bertz CT molecular complexity index is 497. The third-order valence-corrected chi connectivity index (χ3v) is 3.22. The number of methoxy groups -OCH3 is 2. The summed E-state index contributed by atoms with van der Waals surface area (Å²) in [6, 6.07) is 5.83. The standard InChI is InChI=1S/C13H20N4O2S2/c1-14-12(20)16-17-13(21)15-7-6-9-4-5-10(18-2)11(8-9)19-3/h4-5,8H,6-7H2,1-3H3,(H2,14,16,20)(H2,15,17,21). The van der Waals surface area contributed by atoms with Gasteiger partial charge in [-0.15, -0.1) is 0 Å². The molecule has 0 bridgehead atoms. The Morgan fingerprint density at radius 1 is 1.05 bits per heavy atom. The monoisotopic (exact) mass is 328 g/mol. The van der Waals surface area contributed by atoms with Crippen molar-refractivity contribution < 1.29 is 9.47 Å². The van der Waals surface area contributed by atoms with Crippen LogP contribution in [-0.4, -0.2) is 38.0 Å². The van der Waals surface area contributed by atoms with Crippen LogP contribution in [0.25, 0.3) is 0 Å². The summed E-state index contributed by atoms with van der Waals surface area (Å²) >= 11 is 10.0. The fourth-order valence-electron chi connectivity index (χ4n) is 1.58. The molecule has 6 nitrogen and oxygen atoms in total. The second-order valence-corrected chi connectivity index (χ2v) is 4.84. The van der Waals surface area contributed by atoms with Gasteiger partial charge in [0.1, 0.15) is 0 Å². The van der Waals surface area contributed by atoms with Crippen LogP contribution in [0.1, 0.15) is 5.56 Å². The molecule has 1 rings (SSSR count). The summed E-state index contributed by atoms with van der Waals surface area (Å²) in [6.45, 7) is 0.690. The minimum atomic E-state index is 0.471. The van der Waals surface area contributed by atoms with E-state index in [2.05, 4.69) is 21.5 Å². The molecule has 0 aromatic heterocycles. The van der Waals surface area contributed by atoms with Gasteiger partial charge in [-0.25, -0.2) is 0 Å². The van der Waals surface area contributed by atoms with E-state index in [4.69, 9.17) is 33.9 Å². The van der Waals surface area contributed by atoms with Crippen molar-refractivity contribution >= 4 is 34.7 Å². The maximum atomic E-state index is 5.27. The number of thiocarbonyl (C=S) groups is 2. The third kappa shape index (κ3) is 6.01. The molecule has 8 heteroatoms. The van der Waals surface area contributed by atoms with Gasteiger partial charge in [-0.3, -0.25) is 10.9 Å². The first-order valence-corrected chi connectivity index (χ1v) is 7.14. The fraction of sp³-hybridized carbons (Fsp3) is 0.385. The maximum Gasteiger partial charge on any atom is 0.185 e. The largest absolute Gasteiger partial charge is 0.493 e. The normalized spacial score (nSPS) is 9.48. The van der Waals surface area contributed by atoms with Gasteiger partial charge in [0, 0.05) is 13.6 Å². The van der Waals surface area contributed by atoms with E-state index in [1.54, 1.807) is 21.3 Å². The van der Waals surface area contributed by atoms with Gasteiger partial charge in [-0.1, -0.05) is 6.07 Å². The van der Waals surface area contributed by atoms with Crippen LogP contribution in [-0.2, 0) is 6.42 Å². The van der Waals surface area contributed by atoms with Crippen LogP contribution in [0, 0.1) is 0 Å².